The molecule has 1 aliphatic heterocycles. The van der Waals surface area contributed by atoms with E-state index in [4.69, 9.17) is 14.2 Å². The minimum Gasteiger partial charge on any atom is -0.497 e. The van der Waals surface area contributed by atoms with Gasteiger partial charge in [-0.2, -0.15) is 0 Å². The van der Waals surface area contributed by atoms with Crippen molar-refractivity contribution in [2.24, 2.45) is 0 Å². The minimum absolute atomic E-state index is 0.268. The first kappa shape index (κ1) is 22.1. The Hall–Kier alpha value is -2.57. The summed E-state index contributed by atoms with van der Waals surface area (Å²) in [4.78, 5) is 13.2. The SMILES string of the molecule is COc1ccc(C(O)(C(=O)OCC[N+]2(C)CCCCC2)c2ccc(OC)cc2)cc1. The lowest BCUT2D eigenvalue weighted by atomic mass is 9.86. The largest absolute Gasteiger partial charge is 0.497 e. The maximum Gasteiger partial charge on any atom is 0.347 e. The summed E-state index contributed by atoms with van der Waals surface area (Å²) < 4.78 is 16.9. The van der Waals surface area contributed by atoms with Crippen molar-refractivity contribution in [2.45, 2.75) is 24.9 Å². The van der Waals surface area contributed by atoms with Crippen LogP contribution < -0.4 is 9.47 Å². The molecule has 0 spiro atoms. The van der Waals surface area contributed by atoms with E-state index in [0.29, 0.717) is 22.6 Å². The van der Waals surface area contributed by atoms with Crippen LogP contribution in [0.5, 0.6) is 11.5 Å². The van der Waals surface area contributed by atoms with Gasteiger partial charge < -0.3 is 23.8 Å². The maximum atomic E-state index is 13.2. The molecule has 1 aliphatic rings. The molecule has 0 bridgehead atoms. The summed E-state index contributed by atoms with van der Waals surface area (Å²) in [5, 5.41) is 11.6. The monoisotopic (exact) mass is 414 g/mol. The third-order valence-corrected chi connectivity index (χ3v) is 6.07. The van der Waals surface area contributed by atoms with Crippen molar-refractivity contribution >= 4 is 5.97 Å². The normalized spacial score (nSPS) is 16.0. The summed E-state index contributed by atoms with van der Waals surface area (Å²) in [5.74, 6) is 0.611. The second kappa shape index (κ2) is 9.49. The van der Waals surface area contributed by atoms with Crippen molar-refractivity contribution in [2.75, 3.05) is 47.5 Å². The van der Waals surface area contributed by atoms with Crippen LogP contribution >= 0.6 is 0 Å². The van der Waals surface area contributed by atoms with Crippen molar-refractivity contribution in [3.63, 3.8) is 0 Å². The van der Waals surface area contributed by atoms with E-state index in [-0.39, 0.29) is 6.61 Å². The molecule has 1 saturated heterocycles. The number of rotatable bonds is 8. The lowest BCUT2D eigenvalue weighted by molar-refractivity contribution is -0.914. The van der Waals surface area contributed by atoms with E-state index >= 15 is 0 Å². The van der Waals surface area contributed by atoms with Gasteiger partial charge in [-0.05, 0) is 54.7 Å². The quantitative estimate of drug-likeness (QED) is 0.531. The van der Waals surface area contributed by atoms with Crippen molar-refractivity contribution in [1.82, 2.24) is 0 Å². The molecule has 162 valence electrons. The average molecular weight is 415 g/mol. The number of methoxy groups -OCH3 is 2. The molecule has 0 atom stereocenters. The first-order valence-corrected chi connectivity index (χ1v) is 10.4. The van der Waals surface area contributed by atoms with Crippen LogP contribution in [-0.4, -0.2) is 63.1 Å². The van der Waals surface area contributed by atoms with Crippen molar-refractivity contribution < 1.29 is 28.6 Å². The van der Waals surface area contributed by atoms with Gasteiger partial charge in [-0.3, -0.25) is 0 Å². The number of nitrogens with zero attached hydrogens (tertiary/aromatic N) is 1. The van der Waals surface area contributed by atoms with Gasteiger partial charge in [-0.1, -0.05) is 24.3 Å². The fourth-order valence-electron chi connectivity index (χ4n) is 4.03. The maximum absolute atomic E-state index is 13.2. The number of hydrogen-bond donors (Lipinski definition) is 1. The molecule has 2 aromatic carbocycles. The number of piperidine rings is 1. The molecule has 1 fully saturated rings. The zero-order valence-corrected chi connectivity index (χ0v) is 18.1. The van der Waals surface area contributed by atoms with Crippen LogP contribution in [0.1, 0.15) is 30.4 Å². The molecule has 2 aromatic rings. The lowest BCUT2D eigenvalue weighted by Crippen LogP contribution is -2.50. The third kappa shape index (κ3) is 4.77. The summed E-state index contributed by atoms with van der Waals surface area (Å²) in [5.41, 5.74) is -1.06. The molecule has 1 heterocycles. The number of likely N-dealkylation sites (tertiary alicyclic amines) is 1. The number of ether oxygens (including phenoxy) is 3. The molecule has 0 unspecified atom stereocenters. The summed E-state index contributed by atoms with van der Waals surface area (Å²) in [6.07, 6.45) is 3.67. The molecule has 0 radical (unpaired) electrons. The van der Waals surface area contributed by atoms with E-state index in [1.807, 2.05) is 0 Å². The Labute approximate surface area is 178 Å². The number of hydrogen-bond acceptors (Lipinski definition) is 5. The lowest BCUT2D eigenvalue weighted by Gasteiger charge is -2.37. The van der Waals surface area contributed by atoms with Gasteiger partial charge in [-0.25, -0.2) is 4.79 Å². The average Bonchev–Trinajstić information content (AvgIpc) is 2.79. The molecule has 0 saturated carbocycles. The molecule has 0 aliphatic carbocycles. The predicted molar refractivity (Wildman–Crippen MR) is 115 cm³/mol. The zero-order chi connectivity index (χ0) is 21.6. The van der Waals surface area contributed by atoms with Crippen LogP contribution in [0, 0.1) is 0 Å². The topological polar surface area (TPSA) is 65.0 Å². The van der Waals surface area contributed by atoms with E-state index in [1.165, 1.54) is 19.3 Å². The second-order valence-electron chi connectivity index (χ2n) is 8.15. The Morgan fingerprint density at radius 2 is 1.37 bits per heavy atom. The number of aliphatic hydroxyl groups is 1. The summed E-state index contributed by atoms with van der Waals surface area (Å²) >= 11 is 0. The minimum atomic E-state index is -1.92. The fraction of sp³-hybridized carbons (Fsp3) is 0.458. The van der Waals surface area contributed by atoms with Crippen molar-refractivity contribution in [3.05, 3.63) is 59.7 Å². The molecule has 3 rings (SSSR count). The molecule has 1 N–H and O–H groups in total. The van der Waals surface area contributed by atoms with Crippen LogP contribution in [0.15, 0.2) is 48.5 Å². The van der Waals surface area contributed by atoms with Crippen molar-refractivity contribution in [1.29, 1.82) is 0 Å². The van der Waals surface area contributed by atoms with Crippen LogP contribution in [-0.2, 0) is 15.1 Å². The van der Waals surface area contributed by atoms with Gasteiger partial charge in [0.05, 0.1) is 34.4 Å². The molecule has 0 amide bonds. The molecule has 30 heavy (non-hydrogen) atoms. The highest BCUT2D eigenvalue weighted by molar-refractivity contribution is 5.85. The van der Waals surface area contributed by atoms with E-state index in [1.54, 1.807) is 62.8 Å². The highest BCUT2D eigenvalue weighted by atomic mass is 16.5. The summed E-state index contributed by atoms with van der Waals surface area (Å²) in [6, 6.07) is 13.6. The van der Waals surface area contributed by atoms with E-state index in [9.17, 15) is 9.90 Å². The van der Waals surface area contributed by atoms with Crippen LogP contribution in [0.2, 0.25) is 0 Å². The Balaban J connectivity index is 1.82. The predicted octanol–water partition coefficient (Wildman–Crippen LogP) is 3.11. The van der Waals surface area contributed by atoms with Crippen LogP contribution in [0.25, 0.3) is 0 Å². The van der Waals surface area contributed by atoms with E-state index in [0.717, 1.165) is 24.1 Å². The van der Waals surface area contributed by atoms with Gasteiger partial charge >= 0.3 is 5.97 Å². The van der Waals surface area contributed by atoms with Gasteiger partial charge in [0.25, 0.3) is 0 Å². The molecular formula is C24H32NO5+. The smallest absolute Gasteiger partial charge is 0.347 e. The number of quaternary nitrogens is 1. The highest BCUT2D eigenvalue weighted by Crippen LogP contribution is 2.33. The highest BCUT2D eigenvalue weighted by Gasteiger charge is 2.42. The van der Waals surface area contributed by atoms with E-state index < -0.39 is 11.6 Å². The fourth-order valence-corrected chi connectivity index (χ4v) is 4.03. The van der Waals surface area contributed by atoms with Crippen LogP contribution in [0.4, 0.5) is 0 Å². The van der Waals surface area contributed by atoms with Gasteiger partial charge in [0.15, 0.2) is 0 Å². The standard InChI is InChI=1S/C24H32NO5/c1-25(15-5-4-6-16-25)17-18-30-23(26)24(27,19-7-11-21(28-2)12-8-19)20-9-13-22(29-3)14-10-20/h7-14,27H,4-6,15-18H2,1-3H3/q+1. The molecular weight excluding hydrogens is 382 g/mol. The molecule has 6 nitrogen and oxygen atoms in total. The number of benzene rings is 2. The van der Waals surface area contributed by atoms with Gasteiger partial charge in [0.2, 0.25) is 5.60 Å². The number of likely N-dealkylation sites (N-methyl/N-ethyl adjacent to an activating group) is 1. The van der Waals surface area contributed by atoms with E-state index in [2.05, 4.69) is 7.05 Å². The number of esters is 1. The Bertz CT molecular complexity index is 778. The third-order valence-electron chi connectivity index (χ3n) is 6.07. The summed E-state index contributed by atoms with van der Waals surface area (Å²) in [6.45, 7) is 3.20. The Morgan fingerprint density at radius 3 is 1.80 bits per heavy atom. The molecule has 0 aromatic heterocycles. The molecule has 6 heteroatoms. The van der Waals surface area contributed by atoms with Gasteiger partial charge in [-0.15, -0.1) is 0 Å². The zero-order valence-electron chi connectivity index (χ0n) is 18.1. The van der Waals surface area contributed by atoms with Gasteiger partial charge in [0, 0.05) is 0 Å². The first-order valence-electron chi connectivity index (χ1n) is 10.4. The number of carbonyl (C=O) groups excluding carboxylic acids is 1. The first-order chi connectivity index (χ1) is 14.4. The Morgan fingerprint density at radius 1 is 0.900 bits per heavy atom. The van der Waals surface area contributed by atoms with Crippen LogP contribution in [0.3, 0.4) is 0 Å². The number of carbonyl (C=O) groups is 1. The Kier molecular flexibility index (Phi) is 7.00. The summed E-state index contributed by atoms with van der Waals surface area (Å²) in [7, 11) is 5.35. The van der Waals surface area contributed by atoms with Crippen molar-refractivity contribution in [3.8, 4) is 11.5 Å². The second-order valence-corrected chi connectivity index (χ2v) is 8.15. The van der Waals surface area contributed by atoms with Gasteiger partial charge in [0.1, 0.15) is 24.7 Å².